The fourth-order valence-electron chi connectivity index (χ4n) is 4.74. The lowest BCUT2D eigenvalue weighted by Crippen LogP contribution is -2.30. The molecule has 220 valence electrons. The summed E-state index contributed by atoms with van der Waals surface area (Å²) in [6.07, 6.45) is 1.47. The van der Waals surface area contributed by atoms with E-state index >= 15 is 0 Å². The summed E-state index contributed by atoms with van der Waals surface area (Å²) in [6, 6.07) is 25.5. The molecular formula is C32H26BrClN2O6S. The molecule has 0 unspecified atom stereocenters. The van der Waals surface area contributed by atoms with Crippen LogP contribution in [0.2, 0.25) is 5.02 Å². The molecule has 1 aromatic heterocycles. The molecule has 0 radical (unpaired) electrons. The highest BCUT2D eigenvalue weighted by Gasteiger charge is 2.38. The van der Waals surface area contributed by atoms with Gasteiger partial charge in [0.2, 0.25) is 10.0 Å². The number of hydrogen-bond acceptors (Lipinski definition) is 6. The van der Waals surface area contributed by atoms with E-state index in [2.05, 4.69) is 15.9 Å². The number of benzene rings is 3. The van der Waals surface area contributed by atoms with Gasteiger partial charge in [0, 0.05) is 21.7 Å². The molecule has 1 aliphatic heterocycles. The van der Waals surface area contributed by atoms with Crippen LogP contribution in [0.3, 0.4) is 0 Å². The first-order chi connectivity index (χ1) is 20.6. The van der Waals surface area contributed by atoms with Crippen LogP contribution in [0.4, 0.5) is 5.69 Å². The maximum absolute atomic E-state index is 13.7. The van der Waals surface area contributed by atoms with Crippen LogP contribution in [-0.4, -0.2) is 31.7 Å². The summed E-state index contributed by atoms with van der Waals surface area (Å²) >= 11 is 9.45. The Hall–Kier alpha value is -3.96. The van der Waals surface area contributed by atoms with Crippen molar-refractivity contribution in [2.24, 2.45) is 0 Å². The van der Waals surface area contributed by atoms with Crippen molar-refractivity contribution in [3.8, 4) is 0 Å². The third-order valence-electron chi connectivity index (χ3n) is 6.81. The Labute approximate surface area is 263 Å². The number of furan rings is 1. The fourth-order valence-corrected chi connectivity index (χ4v) is 6.67. The van der Waals surface area contributed by atoms with Crippen LogP contribution in [0, 0.1) is 0 Å². The van der Waals surface area contributed by atoms with E-state index in [1.807, 2.05) is 6.07 Å². The van der Waals surface area contributed by atoms with Gasteiger partial charge in [0.15, 0.2) is 0 Å². The number of sulfonamides is 1. The van der Waals surface area contributed by atoms with Crippen molar-refractivity contribution in [3.05, 3.63) is 134 Å². The second-order valence-electron chi connectivity index (χ2n) is 9.65. The number of anilines is 1. The van der Waals surface area contributed by atoms with Gasteiger partial charge in [0.05, 0.1) is 35.4 Å². The largest absolute Gasteiger partial charge is 0.465 e. The average Bonchev–Trinajstić information content (AvgIpc) is 3.54. The lowest BCUT2D eigenvalue weighted by atomic mass is 10.1. The molecule has 0 fully saturated rings. The molecule has 5 rings (SSSR count). The molecule has 0 saturated carbocycles. The van der Waals surface area contributed by atoms with Crippen molar-refractivity contribution in [1.29, 1.82) is 0 Å². The lowest BCUT2D eigenvalue weighted by Gasteiger charge is -2.21. The van der Waals surface area contributed by atoms with Gasteiger partial charge >= 0.3 is 5.97 Å². The van der Waals surface area contributed by atoms with Gasteiger partial charge in [0.25, 0.3) is 5.91 Å². The Morgan fingerprint density at radius 3 is 2.40 bits per heavy atom. The van der Waals surface area contributed by atoms with Gasteiger partial charge in [0.1, 0.15) is 11.5 Å². The topological polar surface area (TPSA) is 97.1 Å². The van der Waals surface area contributed by atoms with Gasteiger partial charge in [-0.25, -0.2) is 13.2 Å². The van der Waals surface area contributed by atoms with E-state index in [4.69, 9.17) is 20.8 Å². The molecule has 3 aromatic carbocycles. The first kappa shape index (κ1) is 30.5. The Morgan fingerprint density at radius 1 is 1.00 bits per heavy atom. The van der Waals surface area contributed by atoms with Gasteiger partial charge in [-0.2, -0.15) is 4.31 Å². The second-order valence-corrected chi connectivity index (χ2v) is 12.9. The van der Waals surface area contributed by atoms with Gasteiger partial charge < -0.3 is 9.15 Å². The number of carbonyl (C=O) groups excluding carboxylic acids is 2. The third-order valence-corrected chi connectivity index (χ3v) is 9.36. The van der Waals surface area contributed by atoms with Crippen molar-refractivity contribution in [2.45, 2.75) is 24.9 Å². The first-order valence-corrected chi connectivity index (χ1v) is 15.7. The first-order valence-electron chi connectivity index (χ1n) is 13.1. The molecule has 0 aliphatic carbocycles. The van der Waals surface area contributed by atoms with E-state index in [-0.39, 0.29) is 34.9 Å². The summed E-state index contributed by atoms with van der Waals surface area (Å²) in [5.74, 6) is -0.475. The van der Waals surface area contributed by atoms with Crippen LogP contribution >= 0.6 is 27.5 Å². The van der Waals surface area contributed by atoms with E-state index in [1.54, 1.807) is 79.7 Å². The molecule has 2 heterocycles. The number of carbonyl (C=O) groups is 2. The van der Waals surface area contributed by atoms with Gasteiger partial charge in [-0.3, -0.25) is 9.69 Å². The van der Waals surface area contributed by atoms with Crippen LogP contribution in [0.5, 0.6) is 0 Å². The fraction of sp³-hybridized carbons (Fsp3) is 0.125. The molecule has 1 aliphatic rings. The predicted molar refractivity (Wildman–Crippen MR) is 167 cm³/mol. The summed E-state index contributed by atoms with van der Waals surface area (Å²) < 4.78 is 40.4. The summed E-state index contributed by atoms with van der Waals surface area (Å²) in [5.41, 5.74) is 1.94. The van der Waals surface area contributed by atoms with Crippen LogP contribution in [0.1, 0.15) is 24.0 Å². The number of halogens is 2. The summed E-state index contributed by atoms with van der Waals surface area (Å²) in [4.78, 5) is 28.0. The molecule has 0 saturated heterocycles. The zero-order chi connectivity index (χ0) is 30.7. The van der Waals surface area contributed by atoms with E-state index in [1.165, 1.54) is 34.5 Å². The highest BCUT2D eigenvalue weighted by Crippen LogP contribution is 2.36. The number of esters is 1. The minimum absolute atomic E-state index is 0.0695. The predicted octanol–water partition coefficient (Wildman–Crippen LogP) is 6.96. The average molecular weight is 682 g/mol. The number of methoxy groups -OCH3 is 1. The van der Waals surface area contributed by atoms with E-state index in [0.717, 1.165) is 10.0 Å². The quantitative estimate of drug-likeness (QED) is 0.140. The van der Waals surface area contributed by atoms with Crippen molar-refractivity contribution >= 4 is 61.2 Å². The van der Waals surface area contributed by atoms with Crippen LogP contribution in [-0.2, 0) is 37.4 Å². The number of amides is 1. The summed E-state index contributed by atoms with van der Waals surface area (Å²) in [6.45, 7) is 1.66. The van der Waals surface area contributed by atoms with Gasteiger partial charge in [-0.05, 0) is 73.2 Å². The molecule has 0 N–H and O–H groups in total. The molecule has 0 atom stereocenters. The van der Waals surface area contributed by atoms with E-state index < -0.39 is 21.9 Å². The number of rotatable bonds is 9. The number of ether oxygens (including phenoxy) is 1. The second kappa shape index (κ2) is 12.7. The summed E-state index contributed by atoms with van der Waals surface area (Å²) in [7, 11) is -2.66. The zero-order valence-electron chi connectivity index (χ0n) is 23.2. The van der Waals surface area contributed by atoms with E-state index in [9.17, 15) is 18.0 Å². The molecule has 11 heteroatoms. The smallest absolute Gasteiger partial charge is 0.340 e. The lowest BCUT2D eigenvalue weighted by molar-refractivity contribution is -0.136. The highest BCUT2D eigenvalue weighted by atomic mass is 79.9. The Kier molecular flexibility index (Phi) is 9.03. The summed E-state index contributed by atoms with van der Waals surface area (Å²) in [5, 5.41) is 0.542. The van der Waals surface area contributed by atoms with Gasteiger partial charge in [-0.1, -0.05) is 63.9 Å². The Bertz CT molecular complexity index is 1850. The maximum atomic E-state index is 13.7. The monoisotopic (exact) mass is 680 g/mol. The van der Waals surface area contributed by atoms with Crippen LogP contribution in [0.15, 0.2) is 122 Å². The SMILES string of the molecule is COC(=O)C1=C(C)N(c2cccc(Br)c2)C(=O)/C1=C/c1ccc(CN(Cc2ccc(Cl)cc2)S(=O)(=O)c2ccccc2)o1. The molecule has 43 heavy (non-hydrogen) atoms. The van der Waals surface area contributed by atoms with Crippen molar-refractivity contribution in [1.82, 2.24) is 4.31 Å². The number of allylic oxidation sites excluding steroid dienone is 1. The third kappa shape index (κ3) is 6.52. The van der Waals surface area contributed by atoms with Crippen molar-refractivity contribution in [3.63, 3.8) is 0 Å². The Morgan fingerprint density at radius 2 is 1.72 bits per heavy atom. The molecule has 0 spiro atoms. The van der Waals surface area contributed by atoms with Crippen molar-refractivity contribution < 1.29 is 27.2 Å². The molecular weight excluding hydrogens is 656 g/mol. The molecule has 4 aromatic rings. The molecule has 0 bridgehead atoms. The molecule has 8 nitrogen and oxygen atoms in total. The Balaban J connectivity index is 1.48. The zero-order valence-corrected chi connectivity index (χ0v) is 26.3. The number of hydrogen-bond donors (Lipinski definition) is 0. The van der Waals surface area contributed by atoms with Crippen molar-refractivity contribution in [2.75, 3.05) is 12.0 Å². The van der Waals surface area contributed by atoms with Crippen LogP contribution in [0.25, 0.3) is 6.08 Å². The normalized spacial score (nSPS) is 14.7. The van der Waals surface area contributed by atoms with E-state index in [0.29, 0.717) is 22.2 Å². The standard InChI is InChI=1S/C32H26BrClN2O6S/c1-21-30(32(38)41-2)29(31(37)36(21)25-8-6-7-23(33)17-25)18-26-15-16-27(42-26)20-35(19-22-11-13-24(34)14-12-22)43(39,40)28-9-4-3-5-10-28/h3-18H,19-20H2,1-2H3/b29-18+. The van der Waals surface area contributed by atoms with Crippen LogP contribution < -0.4 is 4.90 Å². The highest BCUT2D eigenvalue weighted by molar-refractivity contribution is 9.10. The number of nitrogens with zero attached hydrogens (tertiary/aromatic N) is 2. The minimum Gasteiger partial charge on any atom is -0.465 e. The van der Waals surface area contributed by atoms with Gasteiger partial charge in [-0.15, -0.1) is 0 Å². The minimum atomic E-state index is -3.91. The maximum Gasteiger partial charge on any atom is 0.340 e. The molecule has 1 amide bonds.